The Morgan fingerprint density at radius 1 is 1.06 bits per heavy atom. The van der Waals surface area contributed by atoms with Crippen molar-refractivity contribution in [1.29, 1.82) is 0 Å². The molecule has 0 aliphatic carbocycles. The molecule has 1 fully saturated rings. The van der Waals surface area contributed by atoms with Gasteiger partial charge in [0.2, 0.25) is 11.8 Å². The van der Waals surface area contributed by atoms with Crippen molar-refractivity contribution in [3.8, 4) is 0 Å². The highest BCUT2D eigenvalue weighted by atomic mass is 32.1. The SMILES string of the molecule is CC(C)(C)C(=O)N(CCN1CCOCC1)CC(=O)N(Cc1ccc(F)cc1)Cc1cccs1. The van der Waals surface area contributed by atoms with Gasteiger partial charge in [-0.3, -0.25) is 14.5 Å². The maximum absolute atomic E-state index is 13.5. The smallest absolute Gasteiger partial charge is 0.242 e. The Morgan fingerprint density at radius 3 is 2.36 bits per heavy atom. The molecule has 6 nitrogen and oxygen atoms in total. The first-order valence-electron chi connectivity index (χ1n) is 11.4. The lowest BCUT2D eigenvalue weighted by atomic mass is 9.94. The zero-order chi connectivity index (χ0) is 23.8. The van der Waals surface area contributed by atoms with E-state index in [4.69, 9.17) is 4.74 Å². The van der Waals surface area contributed by atoms with Crippen LogP contribution in [0.3, 0.4) is 0 Å². The maximum Gasteiger partial charge on any atom is 0.242 e. The summed E-state index contributed by atoms with van der Waals surface area (Å²) in [6.45, 7) is 10.7. The van der Waals surface area contributed by atoms with Crippen LogP contribution in [-0.2, 0) is 27.4 Å². The molecule has 0 N–H and O–H groups in total. The largest absolute Gasteiger partial charge is 0.379 e. The highest BCUT2D eigenvalue weighted by Crippen LogP contribution is 2.19. The van der Waals surface area contributed by atoms with Crippen molar-refractivity contribution in [2.75, 3.05) is 45.9 Å². The number of amides is 2. The molecular weight excluding hydrogens is 441 g/mol. The topological polar surface area (TPSA) is 53.1 Å². The quantitative estimate of drug-likeness (QED) is 0.556. The molecule has 1 aliphatic heterocycles. The lowest BCUT2D eigenvalue weighted by Crippen LogP contribution is -2.49. The van der Waals surface area contributed by atoms with E-state index in [2.05, 4.69) is 4.90 Å². The third kappa shape index (κ3) is 7.91. The second-order valence-corrected chi connectivity index (χ2v) is 10.4. The number of morpholine rings is 1. The number of hydrogen-bond acceptors (Lipinski definition) is 5. The molecule has 2 heterocycles. The first-order valence-corrected chi connectivity index (χ1v) is 12.2. The molecule has 2 amide bonds. The third-order valence-electron chi connectivity index (χ3n) is 5.61. The van der Waals surface area contributed by atoms with E-state index in [9.17, 15) is 14.0 Å². The van der Waals surface area contributed by atoms with Gasteiger partial charge in [-0.05, 0) is 29.1 Å². The van der Waals surface area contributed by atoms with Gasteiger partial charge in [-0.1, -0.05) is 39.0 Å². The molecule has 1 aromatic heterocycles. The Bertz CT molecular complexity index is 891. The van der Waals surface area contributed by atoms with Crippen LogP contribution in [0.25, 0.3) is 0 Å². The van der Waals surface area contributed by atoms with Crippen LogP contribution in [0.15, 0.2) is 41.8 Å². The van der Waals surface area contributed by atoms with Gasteiger partial charge in [0, 0.05) is 43.0 Å². The van der Waals surface area contributed by atoms with Crippen molar-refractivity contribution in [2.24, 2.45) is 5.41 Å². The minimum Gasteiger partial charge on any atom is -0.379 e. The number of nitrogens with zero attached hydrogens (tertiary/aromatic N) is 3. The molecule has 1 aliphatic rings. The number of carbonyl (C=O) groups is 2. The maximum atomic E-state index is 13.5. The van der Waals surface area contributed by atoms with Gasteiger partial charge in [0.15, 0.2) is 0 Å². The Kier molecular flexibility index (Phi) is 9.00. The average Bonchev–Trinajstić information content (AvgIpc) is 3.30. The van der Waals surface area contributed by atoms with E-state index in [0.717, 1.165) is 23.5 Å². The molecule has 1 aromatic carbocycles. The van der Waals surface area contributed by atoms with Crippen molar-refractivity contribution in [1.82, 2.24) is 14.7 Å². The molecule has 180 valence electrons. The fourth-order valence-corrected chi connectivity index (χ4v) is 4.43. The van der Waals surface area contributed by atoms with Crippen LogP contribution in [0.1, 0.15) is 31.2 Å². The molecule has 8 heteroatoms. The highest BCUT2D eigenvalue weighted by Gasteiger charge is 2.30. The monoisotopic (exact) mass is 475 g/mol. The minimum atomic E-state index is -0.583. The Balaban J connectivity index is 1.73. The molecule has 33 heavy (non-hydrogen) atoms. The summed E-state index contributed by atoms with van der Waals surface area (Å²) in [4.78, 5) is 33.4. The van der Waals surface area contributed by atoms with Crippen LogP contribution >= 0.6 is 11.3 Å². The molecule has 0 bridgehead atoms. The lowest BCUT2D eigenvalue weighted by molar-refractivity contribution is -0.146. The third-order valence-corrected chi connectivity index (χ3v) is 6.47. The van der Waals surface area contributed by atoms with Crippen LogP contribution < -0.4 is 0 Å². The van der Waals surface area contributed by atoms with Crippen LogP contribution in [0.4, 0.5) is 4.39 Å². The predicted molar refractivity (Wildman–Crippen MR) is 128 cm³/mol. The van der Waals surface area contributed by atoms with Gasteiger partial charge >= 0.3 is 0 Å². The summed E-state index contributed by atoms with van der Waals surface area (Å²) in [6, 6.07) is 10.1. The van der Waals surface area contributed by atoms with Crippen molar-refractivity contribution in [3.05, 3.63) is 58.0 Å². The molecular formula is C25H34FN3O3S. The van der Waals surface area contributed by atoms with Crippen LogP contribution in [0, 0.1) is 11.2 Å². The number of rotatable bonds is 9. The highest BCUT2D eigenvalue weighted by molar-refractivity contribution is 7.09. The molecule has 0 atom stereocenters. The Morgan fingerprint density at radius 2 is 1.76 bits per heavy atom. The Labute approximate surface area is 199 Å². The summed E-state index contributed by atoms with van der Waals surface area (Å²) in [6.07, 6.45) is 0. The van der Waals surface area contributed by atoms with Crippen LogP contribution in [0.2, 0.25) is 0 Å². The summed E-state index contributed by atoms with van der Waals surface area (Å²) in [7, 11) is 0. The van der Waals surface area contributed by atoms with Crippen molar-refractivity contribution in [3.63, 3.8) is 0 Å². The predicted octanol–water partition coefficient (Wildman–Crippen LogP) is 3.62. The summed E-state index contributed by atoms with van der Waals surface area (Å²) in [5.74, 6) is -0.464. The molecule has 0 radical (unpaired) electrons. The fourth-order valence-electron chi connectivity index (χ4n) is 3.71. The second-order valence-electron chi connectivity index (χ2n) is 9.39. The van der Waals surface area contributed by atoms with Gasteiger partial charge in [-0.25, -0.2) is 4.39 Å². The van der Waals surface area contributed by atoms with E-state index >= 15 is 0 Å². The number of thiophene rings is 1. The molecule has 0 spiro atoms. The summed E-state index contributed by atoms with van der Waals surface area (Å²) in [5, 5.41) is 1.98. The average molecular weight is 476 g/mol. The first kappa shape index (κ1) is 25.3. The van der Waals surface area contributed by atoms with Crippen molar-refractivity contribution < 1.29 is 18.7 Å². The van der Waals surface area contributed by atoms with E-state index in [-0.39, 0.29) is 24.2 Å². The molecule has 2 aromatic rings. The number of carbonyl (C=O) groups excluding carboxylic acids is 2. The molecule has 3 rings (SSSR count). The Hall–Kier alpha value is -2.29. The minimum absolute atomic E-state index is 0.0208. The van der Waals surface area contributed by atoms with Crippen molar-refractivity contribution in [2.45, 2.75) is 33.9 Å². The van der Waals surface area contributed by atoms with Gasteiger partial charge < -0.3 is 14.5 Å². The van der Waals surface area contributed by atoms with Gasteiger partial charge in [-0.15, -0.1) is 11.3 Å². The zero-order valence-electron chi connectivity index (χ0n) is 19.8. The lowest BCUT2D eigenvalue weighted by Gasteiger charge is -2.34. The molecule has 0 unspecified atom stereocenters. The normalized spacial score (nSPS) is 14.8. The molecule has 0 saturated carbocycles. The number of halogens is 1. The summed E-state index contributed by atoms with van der Waals surface area (Å²) < 4.78 is 18.8. The number of ether oxygens (including phenoxy) is 1. The van der Waals surface area contributed by atoms with Crippen LogP contribution in [-0.4, -0.2) is 72.5 Å². The number of hydrogen-bond donors (Lipinski definition) is 0. The van der Waals surface area contributed by atoms with E-state index in [0.29, 0.717) is 39.4 Å². The van der Waals surface area contributed by atoms with Gasteiger partial charge in [0.05, 0.1) is 26.3 Å². The van der Waals surface area contributed by atoms with Gasteiger partial charge in [0.1, 0.15) is 5.82 Å². The zero-order valence-corrected chi connectivity index (χ0v) is 20.6. The second kappa shape index (κ2) is 11.7. The van der Waals surface area contributed by atoms with Crippen molar-refractivity contribution >= 4 is 23.2 Å². The van der Waals surface area contributed by atoms with E-state index in [1.165, 1.54) is 12.1 Å². The first-order chi connectivity index (χ1) is 15.7. The van der Waals surface area contributed by atoms with Crippen LogP contribution in [0.5, 0.6) is 0 Å². The molecule has 1 saturated heterocycles. The number of benzene rings is 1. The van der Waals surface area contributed by atoms with E-state index in [1.54, 1.807) is 33.3 Å². The standard InChI is InChI=1S/C25H34FN3O3S/c1-25(2,3)24(31)28(11-10-27-12-14-32-15-13-27)19-23(30)29(18-22-5-4-16-33-22)17-20-6-8-21(26)9-7-20/h4-9,16H,10-15,17-19H2,1-3H3. The van der Waals surface area contributed by atoms with E-state index in [1.807, 2.05) is 38.3 Å². The fraction of sp³-hybridized carbons (Fsp3) is 0.520. The summed E-state index contributed by atoms with van der Waals surface area (Å²) in [5.41, 5.74) is 0.268. The van der Waals surface area contributed by atoms with Gasteiger partial charge in [-0.2, -0.15) is 0 Å². The summed E-state index contributed by atoms with van der Waals surface area (Å²) >= 11 is 1.59. The van der Waals surface area contributed by atoms with E-state index < -0.39 is 5.41 Å². The van der Waals surface area contributed by atoms with Gasteiger partial charge in [0.25, 0.3) is 0 Å².